The van der Waals surface area contributed by atoms with Crippen LogP contribution in [0.2, 0.25) is 0 Å². The number of amides is 2. The average molecular weight is 351 g/mol. The van der Waals surface area contributed by atoms with Crippen LogP contribution < -0.4 is 11.1 Å². The zero-order valence-electron chi connectivity index (χ0n) is 15.1. The highest BCUT2D eigenvalue weighted by Crippen LogP contribution is 2.21. The number of hydrogen-bond donors (Lipinski definition) is 2. The second kappa shape index (κ2) is 8.15. The maximum atomic E-state index is 12.6. The molecule has 1 fully saturated rings. The summed E-state index contributed by atoms with van der Waals surface area (Å²) in [5.41, 5.74) is 8.91. The van der Waals surface area contributed by atoms with Gasteiger partial charge in [-0.3, -0.25) is 14.5 Å². The Morgan fingerprint density at radius 2 is 1.96 bits per heavy atom. The third kappa shape index (κ3) is 4.70. The summed E-state index contributed by atoms with van der Waals surface area (Å²) >= 11 is 0. The van der Waals surface area contributed by atoms with Gasteiger partial charge in [0.25, 0.3) is 0 Å². The fourth-order valence-corrected chi connectivity index (χ4v) is 3.44. The van der Waals surface area contributed by atoms with Crippen LogP contribution in [0.25, 0.3) is 0 Å². The van der Waals surface area contributed by atoms with Gasteiger partial charge >= 0.3 is 0 Å². The molecule has 0 radical (unpaired) electrons. The Labute approximate surface area is 154 Å². The summed E-state index contributed by atoms with van der Waals surface area (Å²) in [6.45, 7) is 4.75. The molecule has 2 aromatic carbocycles. The van der Waals surface area contributed by atoms with Crippen molar-refractivity contribution in [3.63, 3.8) is 0 Å². The molecule has 1 atom stereocenters. The van der Waals surface area contributed by atoms with Crippen LogP contribution in [0, 0.1) is 12.8 Å². The van der Waals surface area contributed by atoms with Crippen LogP contribution in [0.5, 0.6) is 0 Å². The molecule has 1 heterocycles. The fraction of sp³-hybridized carbons (Fsp3) is 0.333. The van der Waals surface area contributed by atoms with Crippen molar-refractivity contribution in [3.8, 4) is 0 Å². The van der Waals surface area contributed by atoms with Gasteiger partial charge in [0.05, 0.1) is 5.92 Å². The van der Waals surface area contributed by atoms with Crippen LogP contribution in [0.15, 0.2) is 48.5 Å². The molecule has 3 N–H and O–H groups in total. The highest BCUT2D eigenvalue weighted by atomic mass is 16.2. The zero-order chi connectivity index (χ0) is 18.5. The molecule has 1 aliphatic heterocycles. The summed E-state index contributed by atoms with van der Waals surface area (Å²) in [5.74, 6) is -0.461. The number of likely N-dealkylation sites (tertiary alicyclic amines) is 1. The third-order valence-electron chi connectivity index (χ3n) is 4.80. The Balaban J connectivity index is 1.58. The minimum absolute atomic E-state index is 0.0237. The Bertz CT molecular complexity index is 786. The molecule has 5 nitrogen and oxygen atoms in total. The molecule has 0 bridgehead atoms. The molecular formula is C21H25N3O2. The predicted molar refractivity (Wildman–Crippen MR) is 103 cm³/mol. The topological polar surface area (TPSA) is 75.4 Å². The van der Waals surface area contributed by atoms with Gasteiger partial charge in [-0.15, -0.1) is 0 Å². The summed E-state index contributed by atoms with van der Waals surface area (Å²) < 4.78 is 0. The van der Waals surface area contributed by atoms with Gasteiger partial charge in [0.2, 0.25) is 11.8 Å². The van der Waals surface area contributed by atoms with Crippen LogP contribution in [0.3, 0.4) is 0 Å². The lowest BCUT2D eigenvalue weighted by molar-refractivity contribution is -0.121. The highest BCUT2D eigenvalue weighted by molar-refractivity contribution is 5.95. The number of primary amides is 1. The van der Waals surface area contributed by atoms with Gasteiger partial charge in [-0.25, -0.2) is 0 Å². The average Bonchev–Trinajstić information content (AvgIpc) is 2.62. The number of carbonyl (C=O) groups excluding carboxylic acids is 2. The monoisotopic (exact) mass is 351 g/mol. The maximum Gasteiger partial charge on any atom is 0.248 e. The molecule has 2 amide bonds. The minimum Gasteiger partial charge on any atom is -0.366 e. The molecular weight excluding hydrogens is 326 g/mol. The molecule has 0 spiro atoms. The number of rotatable bonds is 5. The van der Waals surface area contributed by atoms with Crippen LogP contribution in [-0.4, -0.2) is 29.8 Å². The first-order valence-corrected chi connectivity index (χ1v) is 9.00. The number of nitrogens with one attached hydrogen (secondary N) is 1. The second-order valence-corrected chi connectivity index (χ2v) is 6.99. The van der Waals surface area contributed by atoms with Crippen molar-refractivity contribution >= 4 is 17.5 Å². The number of nitrogens with two attached hydrogens (primary N) is 1. The summed E-state index contributed by atoms with van der Waals surface area (Å²) in [6, 6.07) is 15.2. The summed E-state index contributed by atoms with van der Waals surface area (Å²) in [4.78, 5) is 26.1. The van der Waals surface area contributed by atoms with E-state index in [0.717, 1.165) is 32.5 Å². The van der Waals surface area contributed by atoms with Crippen LogP contribution in [0.4, 0.5) is 5.69 Å². The van der Waals surface area contributed by atoms with E-state index in [2.05, 4.69) is 41.4 Å². The number of nitrogens with zero attached hydrogens (tertiary/aromatic N) is 1. The molecule has 136 valence electrons. The number of carbonyl (C=O) groups is 2. The van der Waals surface area contributed by atoms with E-state index in [1.54, 1.807) is 24.3 Å². The van der Waals surface area contributed by atoms with Crippen molar-refractivity contribution < 1.29 is 9.59 Å². The summed E-state index contributed by atoms with van der Waals surface area (Å²) in [5, 5.41) is 2.95. The standard InChI is InChI=1S/C21H25N3O2/c1-15-4-2-5-16(12-15)13-24-11-3-6-18(14-24)21(26)23-19-9-7-17(8-10-19)20(22)25/h2,4-5,7-10,12,18H,3,6,11,13-14H2,1H3,(H2,22,25)(H,23,26). The van der Waals surface area contributed by atoms with Gasteiger partial charge in [-0.05, 0) is 56.1 Å². The van der Waals surface area contributed by atoms with Crippen molar-refractivity contribution in [3.05, 3.63) is 65.2 Å². The highest BCUT2D eigenvalue weighted by Gasteiger charge is 2.25. The number of hydrogen-bond acceptors (Lipinski definition) is 3. The van der Waals surface area contributed by atoms with Gasteiger partial charge < -0.3 is 11.1 Å². The molecule has 0 aliphatic carbocycles. The second-order valence-electron chi connectivity index (χ2n) is 6.99. The number of benzene rings is 2. The Hall–Kier alpha value is -2.66. The number of aryl methyl sites for hydroxylation is 1. The lowest BCUT2D eigenvalue weighted by Gasteiger charge is -2.32. The SMILES string of the molecule is Cc1cccc(CN2CCCC(C(=O)Nc3ccc(C(N)=O)cc3)C2)c1. The maximum absolute atomic E-state index is 12.6. The van der Waals surface area contributed by atoms with E-state index in [-0.39, 0.29) is 11.8 Å². The minimum atomic E-state index is -0.470. The smallest absolute Gasteiger partial charge is 0.248 e. The third-order valence-corrected chi connectivity index (χ3v) is 4.80. The van der Waals surface area contributed by atoms with Crippen LogP contribution in [-0.2, 0) is 11.3 Å². The van der Waals surface area contributed by atoms with Gasteiger partial charge in [0.1, 0.15) is 0 Å². The lowest BCUT2D eigenvalue weighted by atomic mass is 9.96. The summed E-state index contributed by atoms with van der Waals surface area (Å²) in [6.07, 6.45) is 1.92. The molecule has 5 heteroatoms. The quantitative estimate of drug-likeness (QED) is 0.870. The number of piperidine rings is 1. The van der Waals surface area contributed by atoms with Gasteiger partial charge in [0, 0.05) is 24.3 Å². The van der Waals surface area contributed by atoms with E-state index in [0.29, 0.717) is 11.3 Å². The van der Waals surface area contributed by atoms with E-state index in [9.17, 15) is 9.59 Å². The van der Waals surface area contributed by atoms with Crippen LogP contribution >= 0.6 is 0 Å². The van der Waals surface area contributed by atoms with Gasteiger partial charge in [-0.1, -0.05) is 29.8 Å². The Kier molecular flexibility index (Phi) is 5.68. The molecule has 3 rings (SSSR count). The van der Waals surface area contributed by atoms with Gasteiger partial charge in [0.15, 0.2) is 0 Å². The molecule has 2 aromatic rings. The first-order chi connectivity index (χ1) is 12.5. The first-order valence-electron chi connectivity index (χ1n) is 9.00. The molecule has 0 saturated carbocycles. The molecule has 0 aromatic heterocycles. The first kappa shape index (κ1) is 18.1. The van der Waals surface area contributed by atoms with Crippen molar-refractivity contribution in [1.82, 2.24) is 4.90 Å². The zero-order valence-corrected chi connectivity index (χ0v) is 15.1. The van der Waals surface area contributed by atoms with Gasteiger partial charge in [-0.2, -0.15) is 0 Å². The Morgan fingerprint density at radius 3 is 2.65 bits per heavy atom. The summed E-state index contributed by atoms with van der Waals surface area (Å²) in [7, 11) is 0. The Morgan fingerprint density at radius 1 is 1.19 bits per heavy atom. The van der Waals surface area contributed by atoms with E-state index < -0.39 is 5.91 Å². The molecule has 26 heavy (non-hydrogen) atoms. The van der Waals surface area contributed by atoms with E-state index in [1.165, 1.54) is 11.1 Å². The fourth-order valence-electron chi connectivity index (χ4n) is 3.44. The normalized spacial score (nSPS) is 17.7. The molecule has 1 saturated heterocycles. The van der Waals surface area contributed by atoms with Crippen molar-refractivity contribution in [1.29, 1.82) is 0 Å². The molecule has 1 unspecified atom stereocenters. The van der Waals surface area contributed by atoms with E-state index in [4.69, 9.17) is 5.73 Å². The van der Waals surface area contributed by atoms with Crippen LogP contribution in [0.1, 0.15) is 34.3 Å². The van der Waals surface area contributed by atoms with E-state index in [1.807, 2.05) is 0 Å². The van der Waals surface area contributed by atoms with Crippen molar-refractivity contribution in [2.24, 2.45) is 11.7 Å². The number of anilines is 1. The predicted octanol–water partition coefficient (Wildman–Crippen LogP) is 2.94. The van der Waals surface area contributed by atoms with Crippen molar-refractivity contribution in [2.75, 3.05) is 18.4 Å². The lowest BCUT2D eigenvalue weighted by Crippen LogP contribution is -2.40. The largest absolute Gasteiger partial charge is 0.366 e. The molecule has 1 aliphatic rings. The van der Waals surface area contributed by atoms with E-state index >= 15 is 0 Å². The van der Waals surface area contributed by atoms with Crippen molar-refractivity contribution in [2.45, 2.75) is 26.3 Å².